The van der Waals surface area contributed by atoms with Crippen molar-refractivity contribution in [3.8, 4) is 11.5 Å². The van der Waals surface area contributed by atoms with Crippen molar-refractivity contribution < 1.29 is 14.3 Å². The van der Waals surface area contributed by atoms with E-state index in [4.69, 9.17) is 9.47 Å². The second kappa shape index (κ2) is 10.0. The molecule has 0 saturated carbocycles. The van der Waals surface area contributed by atoms with Crippen molar-refractivity contribution in [2.75, 3.05) is 36.4 Å². The molecule has 5 aromatic rings. The summed E-state index contributed by atoms with van der Waals surface area (Å²) in [6, 6.07) is 11.6. The van der Waals surface area contributed by atoms with E-state index in [9.17, 15) is 4.79 Å². The average Bonchev–Trinajstić information content (AvgIpc) is 3.57. The molecule has 1 amide bonds. The molecule has 1 saturated heterocycles. The molecule has 12 nitrogen and oxygen atoms in total. The van der Waals surface area contributed by atoms with Gasteiger partial charge in [-0.15, -0.1) is 0 Å². The minimum absolute atomic E-state index is 0.276. The highest BCUT2D eigenvalue weighted by atomic mass is 16.6. The molecule has 206 valence electrons. The molecule has 1 aromatic carbocycles. The number of anilines is 3. The number of fused-ring (bicyclic) bond motifs is 2. The fraction of sp³-hybridized carbons (Fsp3) is 0.321. The van der Waals surface area contributed by atoms with Crippen molar-refractivity contribution >= 4 is 34.4 Å². The first-order chi connectivity index (χ1) is 19.2. The van der Waals surface area contributed by atoms with E-state index in [1.807, 2.05) is 81.0 Å². The predicted octanol–water partition coefficient (Wildman–Crippen LogP) is 4.67. The number of amides is 1. The summed E-state index contributed by atoms with van der Waals surface area (Å²) >= 11 is 0. The minimum Gasteiger partial charge on any atom is -0.457 e. The van der Waals surface area contributed by atoms with Crippen molar-refractivity contribution in [3.63, 3.8) is 0 Å². The van der Waals surface area contributed by atoms with Gasteiger partial charge in [0.25, 0.3) is 0 Å². The van der Waals surface area contributed by atoms with Gasteiger partial charge < -0.3 is 24.6 Å². The van der Waals surface area contributed by atoms with Gasteiger partial charge in [0.1, 0.15) is 35.3 Å². The van der Waals surface area contributed by atoms with Crippen LogP contribution in [0.3, 0.4) is 0 Å². The lowest BCUT2D eigenvalue weighted by Gasteiger charge is -2.36. The molecule has 0 radical (unpaired) electrons. The highest BCUT2D eigenvalue weighted by Gasteiger charge is 2.27. The third-order valence-corrected chi connectivity index (χ3v) is 6.62. The van der Waals surface area contributed by atoms with Crippen LogP contribution in [0.5, 0.6) is 11.5 Å². The Labute approximate surface area is 231 Å². The zero-order valence-electron chi connectivity index (χ0n) is 22.9. The summed E-state index contributed by atoms with van der Waals surface area (Å²) in [6.07, 6.45) is 6.50. The summed E-state index contributed by atoms with van der Waals surface area (Å²) < 4.78 is 15.2. The van der Waals surface area contributed by atoms with E-state index in [0.29, 0.717) is 37.7 Å². The monoisotopic (exact) mass is 541 g/mol. The molecule has 1 aliphatic heterocycles. The van der Waals surface area contributed by atoms with E-state index in [0.717, 1.165) is 33.9 Å². The molecule has 6 rings (SSSR count). The summed E-state index contributed by atoms with van der Waals surface area (Å²) in [5.41, 5.74) is 3.92. The number of aryl methyl sites for hydroxylation is 1. The molecule has 0 aliphatic carbocycles. The molecular weight excluding hydrogens is 510 g/mol. The highest BCUT2D eigenvalue weighted by Crippen LogP contribution is 2.32. The fourth-order valence-electron chi connectivity index (χ4n) is 4.71. The number of ether oxygens (including phenoxy) is 2. The van der Waals surface area contributed by atoms with Gasteiger partial charge in [0.05, 0.1) is 5.69 Å². The van der Waals surface area contributed by atoms with Crippen molar-refractivity contribution in [1.82, 2.24) is 34.1 Å². The van der Waals surface area contributed by atoms with Gasteiger partial charge in [-0.05, 0) is 63.6 Å². The van der Waals surface area contributed by atoms with Gasteiger partial charge in [-0.1, -0.05) is 0 Å². The number of pyridine rings is 1. The third kappa shape index (κ3) is 5.20. The quantitative estimate of drug-likeness (QED) is 0.339. The van der Waals surface area contributed by atoms with Crippen LogP contribution in [-0.2, 0) is 4.74 Å². The van der Waals surface area contributed by atoms with Crippen LogP contribution in [0.15, 0.2) is 61.4 Å². The first-order valence-corrected chi connectivity index (χ1v) is 13.1. The highest BCUT2D eigenvalue weighted by molar-refractivity contribution is 5.86. The Morgan fingerprint density at radius 1 is 0.925 bits per heavy atom. The summed E-state index contributed by atoms with van der Waals surface area (Å²) in [4.78, 5) is 25.3. The van der Waals surface area contributed by atoms with Gasteiger partial charge in [-0.3, -0.25) is 0 Å². The van der Waals surface area contributed by atoms with Crippen LogP contribution in [-0.4, -0.2) is 72.0 Å². The maximum Gasteiger partial charge on any atom is 0.410 e. The van der Waals surface area contributed by atoms with E-state index in [-0.39, 0.29) is 6.09 Å². The standard InChI is InChI=1S/C28H31N9O3/c1-19-15-20(5-6-23(19)39-21-7-9-36-24(16-21)29-17-31-36)33-26-25-22(8-10-37(25)32-18-30-26)34-11-13-35(14-12-34)27(38)40-28(2,3)4/h5-10,15-18H,11-14H2,1-4H3,(H,30,32,33). The molecule has 1 fully saturated rings. The zero-order chi connectivity index (χ0) is 27.9. The molecule has 40 heavy (non-hydrogen) atoms. The maximum atomic E-state index is 12.5. The molecule has 1 N–H and O–H groups in total. The van der Waals surface area contributed by atoms with E-state index in [1.165, 1.54) is 12.7 Å². The normalized spacial score (nSPS) is 14.1. The van der Waals surface area contributed by atoms with Crippen LogP contribution in [0.25, 0.3) is 11.2 Å². The average molecular weight is 542 g/mol. The number of benzene rings is 1. The zero-order valence-corrected chi connectivity index (χ0v) is 22.9. The Balaban J connectivity index is 1.18. The molecular formula is C28H31N9O3. The number of nitrogens with zero attached hydrogens (tertiary/aromatic N) is 8. The van der Waals surface area contributed by atoms with Crippen LogP contribution < -0.4 is 15.0 Å². The van der Waals surface area contributed by atoms with E-state index in [2.05, 4.69) is 30.4 Å². The Kier molecular flexibility index (Phi) is 6.37. The van der Waals surface area contributed by atoms with E-state index >= 15 is 0 Å². The number of nitrogens with one attached hydrogen (secondary N) is 1. The number of carbonyl (C=O) groups is 1. The summed E-state index contributed by atoms with van der Waals surface area (Å²) in [5, 5.41) is 12.0. The second-order valence-electron chi connectivity index (χ2n) is 10.7. The van der Waals surface area contributed by atoms with Crippen LogP contribution in [0.4, 0.5) is 22.0 Å². The number of rotatable bonds is 5. The first kappa shape index (κ1) is 25.4. The number of carbonyl (C=O) groups excluding carboxylic acids is 1. The van der Waals surface area contributed by atoms with Gasteiger partial charge in [-0.2, -0.15) is 10.2 Å². The molecule has 0 unspecified atom stereocenters. The van der Waals surface area contributed by atoms with Crippen LogP contribution in [0, 0.1) is 6.92 Å². The van der Waals surface area contributed by atoms with Crippen LogP contribution in [0.1, 0.15) is 26.3 Å². The molecule has 5 heterocycles. The number of hydrogen-bond acceptors (Lipinski definition) is 9. The van der Waals surface area contributed by atoms with Crippen LogP contribution in [0.2, 0.25) is 0 Å². The Hall–Kier alpha value is -4.87. The Morgan fingerprint density at radius 2 is 1.68 bits per heavy atom. The lowest BCUT2D eigenvalue weighted by atomic mass is 10.2. The van der Waals surface area contributed by atoms with Crippen molar-refractivity contribution in [2.24, 2.45) is 0 Å². The van der Waals surface area contributed by atoms with Crippen molar-refractivity contribution in [2.45, 2.75) is 33.3 Å². The number of hydrogen-bond donors (Lipinski definition) is 1. The largest absolute Gasteiger partial charge is 0.457 e. The topological polar surface area (TPSA) is 114 Å². The number of aromatic nitrogens is 6. The predicted molar refractivity (Wildman–Crippen MR) is 151 cm³/mol. The molecule has 1 aliphatic rings. The van der Waals surface area contributed by atoms with Gasteiger partial charge in [0, 0.05) is 50.3 Å². The van der Waals surface area contributed by atoms with Gasteiger partial charge >= 0.3 is 6.09 Å². The number of piperazine rings is 1. The smallest absolute Gasteiger partial charge is 0.410 e. The van der Waals surface area contributed by atoms with E-state index in [1.54, 1.807) is 9.42 Å². The summed E-state index contributed by atoms with van der Waals surface area (Å²) in [6.45, 7) is 10.2. The van der Waals surface area contributed by atoms with Crippen molar-refractivity contribution in [3.05, 3.63) is 67.0 Å². The van der Waals surface area contributed by atoms with Crippen molar-refractivity contribution in [1.29, 1.82) is 0 Å². The SMILES string of the molecule is Cc1cc(Nc2ncnn3ccc(N4CCN(C(=O)OC(C)(C)C)CC4)c23)ccc1Oc1ccn2ncnc2c1. The van der Waals surface area contributed by atoms with Crippen LogP contribution >= 0.6 is 0 Å². The summed E-state index contributed by atoms with van der Waals surface area (Å²) in [7, 11) is 0. The fourth-order valence-corrected chi connectivity index (χ4v) is 4.71. The van der Waals surface area contributed by atoms with Gasteiger partial charge in [0.15, 0.2) is 11.5 Å². The lowest BCUT2D eigenvalue weighted by molar-refractivity contribution is 0.0240. The molecule has 4 aromatic heterocycles. The molecule has 0 bridgehead atoms. The third-order valence-electron chi connectivity index (χ3n) is 6.62. The Bertz CT molecular complexity index is 1680. The second-order valence-corrected chi connectivity index (χ2v) is 10.7. The minimum atomic E-state index is -0.514. The Morgan fingerprint density at radius 3 is 2.45 bits per heavy atom. The summed E-state index contributed by atoms with van der Waals surface area (Å²) in [5.74, 6) is 2.12. The first-order valence-electron chi connectivity index (χ1n) is 13.1. The van der Waals surface area contributed by atoms with Gasteiger partial charge in [0.2, 0.25) is 0 Å². The van der Waals surface area contributed by atoms with Gasteiger partial charge in [-0.25, -0.2) is 23.8 Å². The van der Waals surface area contributed by atoms with E-state index < -0.39 is 5.60 Å². The lowest BCUT2D eigenvalue weighted by Crippen LogP contribution is -2.50. The molecule has 0 spiro atoms. The maximum absolute atomic E-state index is 12.5. The molecule has 12 heteroatoms. The molecule has 0 atom stereocenters.